The van der Waals surface area contributed by atoms with E-state index < -0.39 is 5.41 Å². The van der Waals surface area contributed by atoms with Crippen molar-refractivity contribution in [3.8, 4) is 0 Å². The van der Waals surface area contributed by atoms with Crippen molar-refractivity contribution < 1.29 is 4.79 Å². The Labute approximate surface area is 116 Å². The predicted octanol–water partition coefficient (Wildman–Crippen LogP) is 2.38. The van der Waals surface area contributed by atoms with Crippen LogP contribution in [0.3, 0.4) is 0 Å². The Balaban J connectivity index is 2.69. The van der Waals surface area contributed by atoms with E-state index in [9.17, 15) is 4.79 Å². The Morgan fingerprint density at radius 1 is 1.32 bits per heavy atom. The number of hydrogen-bond acceptors (Lipinski definition) is 2. The van der Waals surface area contributed by atoms with E-state index in [0.29, 0.717) is 6.54 Å². The summed E-state index contributed by atoms with van der Waals surface area (Å²) in [7, 11) is 0. The molecule has 0 bridgehead atoms. The van der Waals surface area contributed by atoms with Gasteiger partial charge in [0.25, 0.3) is 0 Å². The van der Waals surface area contributed by atoms with E-state index in [1.54, 1.807) is 0 Å². The van der Waals surface area contributed by atoms with Crippen LogP contribution in [0.25, 0.3) is 0 Å². The molecule has 1 aromatic carbocycles. The highest BCUT2D eigenvalue weighted by Crippen LogP contribution is 2.23. The van der Waals surface area contributed by atoms with Crippen LogP contribution < -0.4 is 11.1 Å². The van der Waals surface area contributed by atoms with Crippen molar-refractivity contribution in [1.29, 1.82) is 0 Å². The molecule has 0 saturated carbocycles. The van der Waals surface area contributed by atoms with Gasteiger partial charge in [-0.05, 0) is 44.7 Å². The van der Waals surface area contributed by atoms with Crippen LogP contribution in [0.5, 0.6) is 0 Å². The lowest BCUT2D eigenvalue weighted by molar-refractivity contribution is -0.125. The third-order valence-electron chi connectivity index (χ3n) is 3.54. The monoisotopic (exact) mass is 262 g/mol. The molecule has 0 radical (unpaired) electrons. The Morgan fingerprint density at radius 2 is 1.89 bits per heavy atom. The molecule has 0 heterocycles. The van der Waals surface area contributed by atoms with Gasteiger partial charge in [-0.1, -0.05) is 31.2 Å². The van der Waals surface area contributed by atoms with Crippen molar-refractivity contribution >= 4 is 5.91 Å². The average Bonchev–Trinajstić information content (AvgIpc) is 2.38. The van der Waals surface area contributed by atoms with Gasteiger partial charge in [0.2, 0.25) is 5.91 Å². The summed E-state index contributed by atoms with van der Waals surface area (Å²) in [6, 6.07) is 8.39. The minimum atomic E-state index is -0.510. The third kappa shape index (κ3) is 4.35. The molecule has 1 unspecified atom stereocenters. The second kappa shape index (κ2) is 6.71. The van der Waals surface area contributed by atoms with Crippen LogP contribution in [0.1, 0.15) is 45.2 Å². The van der Waals surface area contributed by atoms with Gasteiger partial charge in [0, 0.05) is 12.6 Å². The van der Waals surface area contributed by atoms with E-state index in [1.165, 1.54) is 5.56 Å². The molecule has 3 N–H and O–H groups in total. The average molecular weight is 262 g/mol. The molecular weight excluding hydrogens is 236 g/mol. The topological polar surface area (TPSA) is 55.1 Å². The van der Waals surface area contributed by atoms with Crippen LogP contribution in [0.4, 0.5) is 0 Å². The van der Waals surface area contributed by atoms with Gasteiger partial charge in [-0.15, -0.1) is 0 Å². The van der Waals surface area contributed by atoms with Crippen molar-refractivity contribution in [3.05, 3.63) is 35.4 Å². The number of carbonyl (C=O) groups is 1. The molecule has 0 fully saturated rings. The van der Waals surface area contributed by atoms with Crippen molar-refractivity contribution in [2.45, 2.75) is 52.0 Å². The first kappa shape index (κ1) is 15.7. The van der Waals surface area contributed by atoms with Crippen molar-refractivity contribution in [2.24, 2.45) is 5.73 Å². The maximum atomic E-state index is 12.2. The maximum absolute atomic E-state index is 12.2. The van der Waals surface area contributed by atoms with Gasteiger partial charge in [0.05, 0.1) is 5.41 Å². The molecular formula is C16H26N2O. The Morgan fingerprint density at radius 3 is 2.37 bits per heavy atom. The lowest BCUT2D eigenvalue weighted by atomic mass is 9.83. The molecule has 0 aromatic heterocycles. The molecule has 1 rings (SSSR count). The van der Waals surface area contributed by atoms with Crippen molar-refractivity contribution in [1.82, 2.24) is 5.32 Å². The number of nitrogens with one attached hydrogen (secondary N) is 1. The van der Waals surface area contributed by atoms with E-state index in [2.05, 4.69) is 24.4 Å². The number of amides is 1. The van der Waals surface area contributed by atoms with Gasteiger partial charge < -0.3 is 11.1 Å². The van der Waals surface area contributed by atoms with Gasteiger partial charge >= 0.3 is 0 Å². The molecule has 0 aliphatic heterocycles. The van der Waals surface area contributed by atoms with Gasteiger partial charge in [-0.2, -0.15) is 0 Å². The summed E-state index contributed by atoms with van der Waals surface area (Å²) in [4.78, 5) is 12.2. The Hall–Kier alpha value is -1.35. The number of aryl methyl sites for hydroxylation is 1. The van der Waals surface area contributed by atoms with Gasteiger partial charge in [-0.25, -0.2) is 0 Å². The number of nitrogens with two attached hydrogens (primary N) is 1. The number of hydrogen-bond donors (Lipinski definition) is 2. The van der Waals surface area contributed by atoms with Crippen molar-refractivity contribution in [2.75, 3.05) is 6.54 Å². The van der Waals surface area contributed by atoms with Crippen LogP contribution >= 0.6 is 0 Å². The highest BCUT2D eigenvalue weighted by atomic mass is 16.2. The molecule has 1 amide bonds. The zero-order valence-corrected chi connectivity index (χ0v) is 12.5. The smallest absolute Gasteiger partial charge is 0.230 e. The van der Waals surface area contributed by atoms with Crippen LogP contribution in [-0.2, 0) is 16.6 Å². The van der Waals surface area contributed by atoms with E-state index in [1.807, 2.05) is 32.9 Å². The normalized spacial score (nSPS) is 13.1. The van der Waals surface area contributed by atoms with E-state index in [4.69, 9.17) is 5.73 Å². The summed E-state index contributed by atoms with van der Waals surface area (Å²) in [5.41, 5.74) is 7.50. The Kier molecular flexibility index (Phi) is 5.55. The van der Waals surface area contributed by atoms with E-state index >= 15 is 0 Å². The second-order valence-corrected chi connectivity index (χ2v) is 5.70. The fourth-order valence-corrected chi connectivity index (χ4v) is 1.92. The summed E-state index contributed by atoms with van der Waals surface area (Å²) < 4.78 is 0. The second-order valence-electron chi connectivity index (χ2n) is 5.70. The van der Waals surface area contributed by atoms with Crippen LogP contribution in [0, 0.1) is 0 Å². The lowest BCUT2D eigenvalue weighted by Crippen LogP contribution is -2.41. The number of rotatable bonds is 6. The third-order valence-corrected chi connectivity index (χ3v) is 3.54. The first-order valence-electron chi connectivity index (χ1n) is 7.01. The fraction of sp³-hybridized carbons (Fsp3) is 0.562. The minimum Gasteiger partial charge on any atom is -0.355 e. The molecule has 106 valence electrons. The van der Waals surface area contributed by atoms with Gasteiger partial charge in [-0.3, -0.25) is 4.79 Å². The Bertz CT molecular complexity index is 407. The maximum Gasteiger partial charge on any atom is 0.230 e. The van der Waals surface area contributed by atoms with E-state index in [0.717, 1.165) is 18.4 Å². The predicted molar refractivity (Wildman–Crippen MR) is 80.1 cm³/mol. The zero-order chi connectivity index (χ0) is 14.5. The lowest BCUT2D eigenvalue weighted by Gasteiger charge is -2.24. The number of carbonyl (C=O) groups excluding carboxylic acids is 1. The van der Waals surface area contributed by atoms with E-state index in [-0.39, 0.29) is 11.9 Å². The first-order chi connectivity index (χ1) is 8.87. The molecule has 19 heavy (non-hydrogen) atoms. The van der Waals surface area contributed by atoms with Crippen LogP contribution in [0.15, 0.2) is 24.3 Å². The first-order valence-corrected chi connectivity index (χ1v) is 7.01. The summed E-state index contributed by atoms with van der Waals surface area (Å²) >= 11 is 0. The largest absolute Gasteiger partial charge is 0.355 e. The summed E-state index contributed by atoms with van der Waals surface area (Å²) in [5, 5.41) is 2.96. The fourth-order valence-electron chi connectivity index (χ4n) is 1.92. The van der Waals surface area contributed by atoms with Crippen LogP contribution in [0.2, 0.25) is 0 Å². The highest BCUT2D eigenvalue weighted by molar-refractivity contribution is 5.87. The zero-order valence-electron chi connectivity index (χ0n) is 12.5. The number of benzene rings is 1. The molecule has 0 aliphatic carbocycles. The molecule has 3 nitrogen and oxygen atoms in total. The quantitative estimate of drug-likeness (QED) is 0.827. The van der Waals surface area contributed by atoms with Crippen molar-refractivity contribution in [3.63, 3.8) is 0 Å². The molecule has 0 spiro atoms. The standard InChI is InChI=1S/C16H26N2O/c1-5-13-6-8-14(9-7-13)16(3,4)15(19)18-11-10-12(2)17/h6-9,12H,5,10-11,17H2,1-4H3,(H,18,19). The van der Waals surface area contributed by atoms with Gasteiger partial charge in [0.15, 0.2) is 0 Å². The van der Waals surface area contributed by atoms with Crippen LogP contribution in [-0.4, -0.2) is 18.5 Å². The molecule has 1 atom stereocenters. The highest BCUT2D eigenvalue weighted by Gasteiger charge is 2.29. The molecule has 0 saturated heterocycles. The summed E-state index contributed by atoms with van der Waals surface area (Å²) in [6.45, 7) is 8.61. The van der Waals surface area contributed by atoms with Gasteiger partial charge in [0.1, 0.15) is 0 Å². The summed E-state index contributed by atoms with van der Waals surface area (Å²) in [5.74, 6) is 0.0531. The summed E-state index contributed by atoms with van der Waals surface area (Å²) in [6.07, 6.45) is 1.82. The minimum absolute atomic E-state index is 0.0531. The molecule has 1 aromatic rings. The SMILES string of the molecule is CCc1ccc(C(C)(C)C(=O)NCCC(C)N)cc1. The molecule has 0 aliphatic rings. The molecule has 3 heteroatoms.